The van der Waals surface area contributed by atoms with E-state index in [1.54, 1.807) is 18.2 Å². The molecule has 42 heavy (non-hydrogen) atoms. The standard InChI is InChI=1S/C32H34F3NO5S/c1-3-18-31(19-17-22-9-6-5-7-10-22)21-28(37)29(30(38)41-31)27(4-2)23-11-8-12-25(20-23)36-42(39,40)26-15-13-24(14-16-26)32(33,34)35/h5-16,20,27,36-37H,3-4,17-19,21H2,1-2H3/t27-,31-/m1/s1. The van der Waals surface area contributed by atoms with Crippen LogP contribution in [0.5, 0.6) is 0 Å². The average Bonchev–Trinajstić information content (AvgIpc) is 2.94. The number of anilines is 1. The van der Waals surface area contributed by atoms with E-state index < -0.39 is 39.3 Å². The summed E-state index contributed by atoms with van der Waals surface area (Å²) in [6.07, 6.45) is -1.36. The van der Waals surface area contributed by atoms with Gasteiger partial charge in [-0.3, -0.25) is 4.72 Å². The van der Waals surface area contributed by atoms with E-state index in [1.165, 1.54) is 6.07 Å². The largest absolute Gasteiger partial charge is 0.512 e. The third kappa shape index (κ3) is 7.15. The van der Waals surface area contributed by atoms with Crippen LogP contribution < -0.4 is 4.72 Å². The quantitative estimate of drug-likeness (QED) is 0.218. The van der Waals surface area contributed by atoms with Crippen LogP contribution in [0, 0.1) is 0 Å². The second-order valence-corrected chi connectivity index (χ2v) is 12.2. The van der Waals surface area contributed by atoms with Crippen LogP contribution in [-0.4, -0.2) is 25.1 Å². The summed E-state index contributed by atoms with van der Waals surface area (Å²) in [5, 5.41) is 11.2. The number of rotatable bonds is 11. The number of aliphatic hydroxyl groups is 1. The normalized spacial score (nSPS) is 18.5. The number of hydrogen-bond donors (Lipinski definition) is 2. The molecule has 6 nitrogen and oxygen atoms in total. The monoisotopic (exact) mass is 601 g/mol. The minimum atomic E-state index is -4.59. The molecule has 0 saturated heterocycles. The molecule has 0 radical (unpaired) electrons. The van der Waals surface area contributed by atoms with Gasteiger partial charge in [-0.1, -0.05) is 62.7 Å². The molecule has 3 aromatic rings. The Morgan fingerprint density at radius 3 is 2.26 bits per heavy atom. The van der Waals surface area contributed by atoms with Crippen molar-refractivity contribution in [2.45, 2.75) is 75.0 Å². The number of carbonyl (C=O) groups excluding carboxylic acids is 1. The minimum Gasteiger partial charge on any atom is -0.512 e. The van der Waals surface area contributed by atoms with Crippen molar-refractivity contribution in [3.8, 4) is 0 Å². The summed E-state index contributed by atoms with van der Waals surface area (Å²) < 4.78 is 73.0. The molecule has 2 atom stereocenters. The molecule has 0 unspecified atom stereocenters. The van der Waals surface area contributed by atoms with Crippen LogP contribution in [0.25, 0.3) is 0 Å². The van der Waals surface area contributed by atoms with Gasteiger partial charge in [-0.15, -0.1) is 0 Å². The van der Waals surface area contributed by atoms with Crippen molar-refractivity contribution in [2.75, 3.05) is 4.72 Å². The van der Waals surface area contributed by atoms with Gasteiger partial charge >= 0.3 is 12.1 Å². The van der Waals surface area contributed by atoms with E-state index >= 15 is 0 Å². The van der Waals surface area contributed by atoms with Crippen molar-refractivity contribution >= 4 is 21.7 Å². The van der Waals surface area contributed by atoms with Gasteiger partial charge in [0, 0.05) is 18.0 Å². The number of ether oxygens (including phenoxy) is 1. The Hall–Kier alpha value is -3.79. The highest BCUT2D eigenvalue weighted by molar-refractivity contribution is 7.92. The molecule has 0 aliphatic carbocycles. The summed E-state index contributed by atoms with van der Waals surface area (Å²) in [5.41, 5.74) is 0.220. The highest BCUT2D eigenvalue weighted by Gasteiger charge is 2.43. The van der Waals surface area contributed by atoms with Gasteiger partial charge in [0.2, 0.25) is 0 Å². The Kier molecular flexibility index (Phi) is 9.35. The van der Waals surface area contributed by atoms with E-state index in [2.05, 4.69) is 4.72 Å². The predicted molar refractivity (Wildman–Crippen MR) is 154 cm³/mol. The summed E-state index contributed by atoms with van der Waals surface area (Å²) >= 11 is 0. The summed E-state index contributed by atoms with van der Waals surface area (Å²) in [6.45, 7) is 3.85. The maximum atomic E-state index is 13.4. The Morgan fingerprint density at radius 1 is 0.976 bits per heavy atom. The van der Waals surface area contributed by atoms with Crippen LogP contribution in [-0.2, 0) is 32.2 Å². The van der Waals surface area contributed by atoms with E-state index in [4.69, 9.17) is 4.74 Å². The highest BCUT2D eigenvalue weighted by Crippen LogP contribution is 2.42. The molecule has 224 valence electrons. The van der Waals surface area contributed by atoms with Crippen LogP contribution in [0.4, 0.5) is 18.9 Å². The SMILES string of the molecule is CCC[C@@]1(CCc2ccccc2)CC(O)=C([C@H](CC)c2cccc(NS(=O)(=O)c3ccc(C(F)(F)F)cc3)c2)C(=O)O1. The van der Waals surface area contributed by atoms with Crippen LogP contribution >= 0.6 is 0 Å². The number of alkyl halides is 3. The second kappa shape index (κ2) is 12.6. The maximum absolute atomic E-state index is 13.4. The summed E-state index contributed by atoms with van der Waals surface area (Å²) in [5.74, 6) is -1.19. The first kappa shape index (κ1) is 31.2. The minimum absolute atomic E-state index is 0.0321. The Morgan fingerprint density at radius 2 is 1.67 bits per heavy atom. The Bertz CT molecular complexity index is 1540. The number of nitrogens with one attached hydrogen (secondary N) is 1. The first-order valence-corrected chi connectivity index (χ1v) is 15.3. The van der Waals surface area contributed by atoms with Crippen molar-refractivity contribution in [2.24, 2.45) is 0 Å². The van der Waals surface area contributed by atoms with Crippen molar-refractivity contribution < 1.29 is 36.2 Å². The molecule has 0 amide bonds. The van der Waals surface area contributed by atoms with Gasteiger partial charge in [-0.25, -0.2) is 13.2 Å². The van der Waals surface area contributed by atoms with Crippen molar-refractivity contribution in [3.05, 3.63) is 107 Å². The maximum Gasteiger partial charge on any atom is 0.416 e. The molecule has 0 bridgehead atoms. The lowest BCUT2D eigenvalue weighted by atomic mass is 9.80. The topological polar surface area (TPSA) is 92.7 Å². The number of sulfonamides is 1. The van der Waals surface area contributed by atoms with Crippen molar-refractivity contribution in [1.29, 1.82) is 0 Å². The summed E-state index contributed by atoms with van der Waals surface area (Å²) in [4.78, 5) is 13.1. The highest BCUT2D eigenvalue weighted by atomic mass is 32.2. The van der Waals surface area contributed by atoms with Gasteiger partial charge in [0.25, 0.3) is 10.0 Å². The zero-order valence-electron chi connectivity index (χ0n) is 23.4. The molecule has 4 rings (SSSR count). The van der Waals surface area contributed by atoms with Crippen molar-refractivity contribution in [3.63, 3.8) is 0 Å². The summed E-state index contributed by atoms with van der Waals surface area (Å²) in [7, 11) is -4.19. The molecule has 1 heterocycles. The fourth-order valence-corrected chi connectivity index (χ4v) is 6.54. The van der Waals surface area contributed by atoms with Gasteiger partial charge in [-0.2, -0.15) is 13.2 Å². The Balaban J connectivity index is 1.57. The molecule has 2 N–H and O–H groups in total. The Labute approximate surface area is 244 Å². The lowest BCUT2D eigenvalue weighted by molar-refractivity contribution is -0.161. The predicted octanol–water partition coefficient (Wildman–Crippen LogP) is 7.93. The fraction of sp³-hybridized carbons (Fsp3) is 0.344. The molecule has 1 aliphatic heterocycles. The van der Waals surface area contributed by atoms with Gasteiger partial charge in [0.15, 0.2) is 0 Å². The van der Waals surface area contributed by atoms with Gasteiger partial charge in [0.1, 0.15) is 11.4 Å². The molecule has 0 spiro atoms. The molecule has 0 fully saturated rings. The first-order valence-electron chi connectivity index (χ1n) is 13.9. The molecule has 0 aromatic heterocycles. The van der Waals surface area contributed by atoms with Crippen LogP contribution in [0.15, 0.2) is 95.1 Å². The molecular weight excluding hydrogens is 567 g/mol. The van der Waals surface area contributed by atoms with Crippen LogP contribution in [0.1, 0.15) is 68.6 Å². The van der Waals surface area contributed by atoms with E-state index in [-0.39, 0.29) is 28.3 Å². The lowest BCUT2D eigenvalue weighted by Crippen LogP contribution is -2.41. The van der Waals surface area contributed by atoms with Gasteiger partial charge in [0.05, 0.1) is 16.0 Å². The van der Waals surface area contributed by atoms with E-state index in [0.717, 1.165) is 24.1 Å². The number of halogens is 3. The molecule has 3 aromatic carbocycles. The van der Waals surface area contributed by atoms with E-state index in [9.17, 15) is 31.5 Å². The van der Waals surface area contributed by atoms with Crippen molar-refractivity contribution in [1.82, 2.24) is 0 Å². The average molecular weight is 602 g/mol. The van der Waals surface area contributed by atoms with Crippen LogP contribution in [0.2, 0.25) is 0 Å². The third-order valence-electron chi connectivity index (χ3n) is 7.54. The second-order valence-electron chi connectivity index (χ2n) is 10.6. The van der Waals surface area contributed by atoms with Crippen LogP contribution in [0.3, 0.4) is 0 Å². The number of aryl methyl sites for hydroxylation is 1. The molecule has 10 heteroatoms. The van der Waals surface area contributed by atoms with E-state index in [1.807, 2.05) is 44.2 Å². The van der Waals surface area contributed by atoms with Gasteiger partial charge < -0.3 is 9.84 Å². The molecule has 0 saturated carbocycles. The number of esters is 1. The first-order chi connectivity index (χ1) is 19.9. The number of cyclic esters (lactones) is 1. The zero-order chi connectivity index (χ0) is 30.5. The zero-order valence-corrected chi connectivity index (χ0v) is 24.3. The molecular formula is C32H34F3NO5S. The summed E-state index contributed by atoms with van der Waals surface area (Å²) in [6, 6.07) is 19.4. The number of hydrogen-bond acceptors (Lipinski definition) is 5. The fourth-order valence-electron chi connectivity index (χ4n) is 5.49. The van der Waals surface area contributed by atoms with E-state index in [0.29, 0.717) is 43.4 Å². The number of benzene rings is 3. The lowest BCUT2D eigenvalue weighted by Gasteiger charge is -2.38. The number of aliphatic hydroxyl groups excluding tert-OH is 1. The molecule has 1 aliphatic rings. The third-order valence-corrected chi connectivity index (χ3v) is 8.93. The smallest absolute Gasteiger partial charge is 0.416 e. The number of carbonyl (C=O) groups is 1. The van der Waals surface area contributed by atoms with Gasteiger partial charge in [-0.05, 0) is 73.2 Å².